The van der Waals surface area contributed by atoms with Gasteiger partial charge >= 0.3 is 0 Å². The van der Waals surface area contributed by atoms with Gasteiger partial charge in [-0.1, -0.05) is 6.42 Å². The molecule has 6 heteroatoms. The summed E-state index contributed by atoms with van der Waals surface area (Å²) >= 11 is 0. The fourth-order valence-corrected chi connectivity index (χ4v) is 4.01. The molecule has 3 fully saturated rings. The Morgan fingerprint density at radius 3 is 2.92 bits per heavy atom. The van der Waals surface area contributed by atoms with Crippen LogP contribution in [0.2, 0.25) is 0 Å². The average Bonchev–Trinajstić information content (AvgIpc) is 2.96. The Balaban J connectivity index is 1.28. The Kier molecular flexibility index (Phi) is 4.50. The third-order valence-corrected chi connectivity index (χ3v) is 5.74. The fourth-order valence-electron chi connectivity index (χ4n) is 4.01. The lowest BCUT2D eigenvalue weighted by atomic mass is 9.86. The highest BCUT2D eigenvalue weighted by atomic mass is 16.5. The first-order chi connectivity index (χ1) is 11.7. The van der Waals surface area contributed by atoms with E-state index in [0.717, 1.165) is 36.8 Å². The van der Waals surface area contributed by atoms with Crippen molar-refractivity contribution in [3.05, 3.63) is 23.8 Å². The van der Waals surface area contributed by atoms with Gasteiger partial charge in [-0.15, -0.1) is 0 Å². The van der Waals surface area contributed by atoms with E-state index in [2.05, 4.69) is 20.2 Å². The molecule has 0 spiro atoms. The number of likely N-dealkylation sites (tertiary alicyclic amines) is 1. The molecule has 0 radical (unpaired) electrons. The zero-order valence-corrected chi connectivity index (χ0v) is 14.3. The molecular weight excluding hydrogens is 304 g/mol. The molecule has 2 saturated heterocycles. The quantitative estimate of drug-likeness (QED) is 0.905. The number of ether oxygens (including phenoxy) is 1. The molecule has 24 heavy (non-hydrogen) atoms. The highest BCUT2D eigenvalue weighted by Gasteiger charge is 2.43. The number of hydrogen-bond acceptors (Lipinski definition) is 5. The second kappa shape index (κ2) is 6.76. The van der Waals surface area contributed by atoms with E-state index >= 15 is 0 Å². The van der Waals surface area contributed by atoms with Crippen molar-refractivity contribution in [2.75, 3.05) is 13.1 Å². The van der Waals surface area contributed by atoms with Crippen molar-refractivity contribution in [1.82, 2.24) is 20.2 Å². The Bertz CT molecular complexity index is 587. The van der Waals surface area contributed by atoms with Crippen molar-refractivity contribution >= 4 is 5.91 Å². The Morgan fingerprint density at radius 1 is 1.33 bits per heavy atom. The molecule has 130 valence electrons. The molecule has 6 nitrogen and oxygen atoms in total. The maximum atomic E-state index is 12.4. The molecule has 3 atom stereocenters. The molecule has 0 aromatic carbocycles. The number of rotatable bonds is 4. The topological polar surface area (TPSA) is 67.4 Å². The van der Waals surface area contributed by atoms with Gasteiger partial charge in [-0.2, -0.15) is 0 Å². The number of aromatic nitrogens is 2. The molecule has 3 aliphatic rings. The monoisotopic (exact) mass is 330 g/mol. The predicted octanol–water partition coefficient (Wildman–Crippen LogP) is 1.43. The Hall–Kier alpha value is -1.53. The van der Waals surface area contributed by atoms with Crippen molar-refractivity contribution in [2.24, 2.45) is 5.92 Å². The van der Waals surface area contributed by atoms with Gasteiger partial charge in [-0.05, 0) is 45.1 Å². The number of carbonyl (C=O) groups excluding carboxylic acids is 1. The van der Waals surface area contributed by atoms with Gasteiger partial charge in [0.05, 0.1) is 30.2 Å². The van der Waals surface area contributed by atoms with E-state index in [1.165, 1.54) is 25.8 Å². The molecule has 1 saturated carbocycles. The van der Waals surface area contributed by atoms with E-state index in [9.17, 15) is 4.79 Å². The van der Waals surface area contributed by atoms with E-state index in [4.69, 9.17) is 4.74 Å². The van der Waals surface area contributed by atoms with Gasteiger partial charge in [0.25, 0.3) is 0 Å². The van der Waals surface area contributed by atoms with Gasteiger partial charge in [0, 0.05) is 18.8 Å². The molecular formula is C18H26N4O2. The number of hydrogen-bond donors (Lipinski definition) is 1. The summed E-state index contributed by atoms with van der Waals surface area (Å²) in [6, 6.07) is 0.766. The number of amides is 1. The van der Waals surface area contributed by atoms with Gasteiger partial charge in [0.1, 0.15) is 6.10 Å². The summed E-state index contributed by atoms with van der Waals surface area (Å²) in [7, 11) is 0. The lowest BCUT2D eigenvalue weighted by Gasteiger charge is -2.43. The maximum absolute atomic E-state index is 12.4. The number of nitrogens with zero attached hydrogens (tertiary/aromatic N) is 3. The standard InChI is InChI=1S/C18H26N4O2/c1-12-8-20-14(9-19-12)10-21-18(23)16-7-13-5-6-22(11-17(13)24-16)15-3-2-4-15/h8-9,13,15-17H,2-7,10-11H2,1H3,(H,21,23)/t13-,16-,17+/m0/s1. The van der Waals surface area contributed by atoms with Crippen molar-refractivity contribution < 1.29 is 9.53 Å². The maximum Gasteiger partial charge on any atom is 0.249 e. The lowest BCUT2D eigenvalue weighted by Crippen LogP contribution is -2.49. The summed E-state index contributed by atoms with van der Waals surface area (Å²) in [5, 5.41) is 2.95. The minimum atomic E-state index is -0.306. The van der Waals surface area contributed by atoms with Crippen LogP contribution in [0.5, 0.6) is 0 Å². The van der Waals surface area contributed by atoms with Crippen molar-refractivity contribution in [1.29, 1.82) is 0 Å². The van der Waals surface area contributed by atoms with Crippen molar-refractivity contribution in [2.45, 2.75) is 63.8 Å². The molecule has 1 aromatic rings. The number of piperidine rings is 1. The van der Waals surface area contributed by atoms with Gasteiger partial charge in [0.2, 0.25) is 5.91 Å². The van der Waals surface area contributed by atoms with Crippen molar-refractivity contribution in [3.63, 3.8) is 0 Å². The second-order valence-electron chi connectivity index (χ2n) is 7.39. The van der Waals surface area contributed by atoms with Crippen LogP contribution in [0.3, 0.4) is 0 Å². The van der Waals surface area contributed by atoms with E-state index < -0.39 is 0 Å². The second-order valence-corrected chi connectivity index (χ2v) is 7.39. The minimum absolute atomic E-state index is 0.0121. The van der Waals surface area contributed by atoms with Crippen LogP contribution < -0.4 is 5.32 Å². The summed E-state index contributed by atoms with van der Waals surface area (Å²) in [6.07, 6.45) is 9.40. The first-order valence-electron chi connectivity index (χ1n) is 9.14. The molecule has 0 unspecified atom stereocenters. The van der Waals surface area contributed by atoms with Gasteiger partial charge in [0.15, 0.2) is 0 Å². The van der Waals surface area contributed by atoms with Gasteiger partial charge in [-0.25, -0.2) is 0 Å². The average molecular weight is 330 g/mol. The molecule has 2 aliphatic heterocycles. The number of nitrogens with one attached hydrogen (secondary N) is 1. The van der Waals surface area contributed by atoms with Crippen LogP contribution in [0.1, 0.15) is 43.5 Å². The number of carbonyl (C=O) groups is 1. The minimum Gasteiger partial charge on any atom is -0.364 e. The molecule has 0 bridgehead atoms. The van der Waals surface area contributed by atoms with Crippen LogP contribution in [-0.2, 0) is 16.1 Å². The van der Waals surface area contributed by atoms with Crippen LogP contribution in [0.15, 0.2) is 12.4 Å². The van der Waals surface area contributed by atoms with Crippen LogP contribution in [0, 0.1) is 12.8 Å². The Labute approximate surface area is 143 Å². The molecule has 1 aromatic heterocycles. The van der Waals surface area contributed by atoms with Crippen LogP contribution in [0.4, 0.5) is 0 Å². The molecule has 1 amide bonds. The third-order valence-electron chi connectivity index (χ3n) is 5.74. The summed E-state index contributed by atoms with van der Waals surface area (Å²) < 4.78 is 6.09. The fraction of sp³-hybridized carbons (Fsp3) is 0.722. The summed E-state index contributed by atoms with van der Waals surface area (Å²) in [5.74, 6) is 0.526. The SMILES string of the molecule is Cc1cnc(CNC(=O)[C@@H]2C[C@@H]3CCN(C4CCC4)C[C@H]3O2)cn1. The summed E-state index contributed by atoms with van der Waals surface area (Å²) in [6.45, 7) is 4.48. The molecule has 1 N–H and O–H groups in total. The van der Waals surface area contributed by atoms with Crippen LogP contribution >= 0.6 is 0 Å². The number of aryl methyl sites for hydroxylation is 1. The lowest BCUT2D eigenvalue weighted by molar-refractivity contribution is -0.133. The first-order valence-corrected chi connectivity index (χ1v) is 9.14. The van der Waals surface area contributed by atoms with Crippen LogP contribution in [0.25, 0.3) is 0 Å². The molecule has 1 aliphatic carbocycles. The zero-order valence-electron chi connectivity index (χ0n) is 14.3. The van der Waals surface area contributed by atoms with Crippen LogP contribution in [-0.4, -0.2) is 52.1 Å². The largest absolute Gasteiger partial charge is 0.364 e. The Morgan fingerprint density at radius 2 is 2.21 bits per heavy atom. The highest BCUT2D eigenvalue weighted by molar-refractivity contribution is 5.81. The first kappa shape index (κ1) is 16.0. The summed E-state index contributed by atoms with van der Waals surface area (Å²) in [4.78, 5) is 23.5. The van der Waals surface area contributed by atoms with Crippen molar-refractivity contribution in [3.8, 4) is 0 Å². The van der Waals surface area contributed by atoms with Gasteiger partial charge in [-0.3, -0.25) is 19.7 Å². The van der Waals surface area contributed by atoms with E-state index in [1.807, 2.05) is 6.92 Å². The third kappa shape index (κ3) is 3.30. The zero-order chi connectivity index (χ0) is 16.5. The van der Waals surface area contributed by atoms with E-state index in [-0.39, 0.29) is 18.1 Å². The number of fused-ring (bicyclic) bond motifs is 1. The predicted molar refractivity (Wildman–Crippen MR) is 89.2 cm³/mol. The van der Waals surface area contributed by atoms with E-state index in [1.54, 1.807) is 12.4 Å². The summed E-state index contributed by atoms with van der Waals surface area (Å²) in [5.41, 5.74) is 1.66. The van der Waals surface area contributed by atoms with Gasteiger partial charge < -0.3 is 10.1 Å². The van der Waals surface area contributed by atoms with E-state index in [0.29, 0.717) is 12.5 Å². The smallest absolute Gasteiger partial charge is 0.249 e. The highest BCUT2D eigenvalue weighted by Crippen LogP contribution is 2.36. The normalized spacial score (nSPS) is 30.6. The molecule has 4 rings (SSSR count). The molecule has 3 heterocycles.